The number of sulfonamides is 1. The first-order valence-electron chi connectivity index (χ1n) is 6.93. The highest BCUT2D eigenvalue weighted by Gasteiger charge is 2.21. The third kappa shape index (κ3) is 3.79. The van der Waals surface area contributed by atoms with Crippen LogP contribution in [0.4, 0.5) is 4.39 Å². The first-order chi connectivity index (χ1) is 9.79. The molecule has 0 heterocycles. The van der Waals surface area contributed by atoms with Gasteiger partial charge in [-0.2, -0.15) is 0 Å². The Bertz CT molecular complexity index is 652. The molecule has 0 atom stereocenters. The predicted octanol–water partition coefficient (Wildman–Crippen LogP) is 1.84. The summed E-state index contributed by atoms with van der Waals surface area (Å²) in [4.78, 5) is 11.8. The summed E-state index contributed by atoms with van der Waals surface area (Å²) in [7, 11) is -4.07. The highest BCUT2D eigenvalue weighted by molar-refractivity contribution is 7.89. The SMILES string of the molecule is Cc1c(F)cc(C(=O)NC2CCCCC2)cc1S(N)(=O)=O. The third-order valence-corrected chi connectivity index (χ3v) is 4.84. The van der Waals surface area contributed by atoms with Crippen molar-refractivity contribution in [2.24, 2.45) is 5.14 Å². The number of halogens is 1. The monoisotopic (exact) mass is 314 g/mol. The Morgan fingerprint density at radius 2 is 1.90 bits per heavy atom. The first kappa shape index (κ1) is 15.9. The number of carbonyl (C=O) groups is 1. The van der Waals surface area contributed by atoms with Crippen molar-refractivity contribution >= 4 is 15.9 Å². The van der Waals surface area contributed by atoms with E-state index in [1.165, 1.54) is 6.92 Å². The van der Waals surface area contributed by atoms with Crippen LogP contribution in [0.15, 0.2) is 17.0 Å². The second-order valence-corrected chi connectivity index (χ2v) is 6.96. The topological polar surface area (TPSA) is 89.3 Å². The largest absolute Gasteiger partial charge is 0.349 e. The molecule has 1 saturated carbocycles. The van der Waals surface area contributed by atoms with Gasteiger partial charge < -0.3 is 5.32 Å². The first-order valence-corrected chi connectivity index (χ1v) is 8.47. The van der Waals surface area contributed by atoms with Crippen LogP contribution in [0.25, 0.3) is 0 Å². The molecule has 21 heavy (non-hydrogen) atoms. The summed E-state index contributed by atoms with van der Waals surface area (Å²) in [6.45, 7) is 1.32. The molecule has 0 spiro atoms. The van der Waals surface area contributed by atoms with Gasteiger partial charge in [-0.25, -0.2) is 17.9 Å². The summed E-state index contributed by atoms with van der Waals surface area (Å²) in [5.74, 6) is -1.22. The molecule has 7 heteroatoms. The van der Waals surface area contributed by atoms with E-state index in [9.17, 15) is 17.6 Å². The summed E-state index contributed by atoms with van der Waals surface area (Å²) in [5.41, 5.74) is -0.0978. The lowest BCUT2D eigenvalue weighted by Gasteiger charge is -2.23. The second-order valence-electron chi connectivity index (χ2n) is 5.43. The van der Waals surface area contributed by atoms with Crippen molar-refractivity contribution in [1.29, 1.82) is 0 Å². The molecule has 0 radical (unpaired) electrons. The molecule has 5 nitrogen and oxygen atoms in total. The van der Waals surface area contributed by atoms with Crippen molar-refractivity contribution in [2.45, 2.75) is 50.0 Å². The average Bonchev–Trinajstić information content (AvgIpc) is 2.41. The number of nitrogens with two attached hydrogens (primary N) is 1. The summed E-state index contributed by atoms with van der Waals surface area (Å²) in [6, 6.07) is 2.24. The van der Waals surface area contributed by atoms with Gasteiger partial charge in [0.05, 0.1) is 4.90 Å². The maximum atomic E-state index is 13.8. The van der Waals surface area contributed by atoms with Crippen LogP contribution in [0.5, 0.6) is 0 Å². The quantitative estimate of drug-likeness (QED) is 0.892. The highest BCUT2D eigenvalue weighted by Crippen LogP contribution is 2.21. The van der Waals surface area contributed by atoms with E-state index in [0.29, 0.717) is 0 Å². The maximum absolute atomic E-state index is 13.8. The molecule has 1 fully saturated rings. The molecule has 1 aliphatic rings. The van der Waals surface area contributed by atoms with Gasteiger partial charge in [-0.15, -0.1) is 0 Å². The van der Waals surface area contributed by atoms with Crippen molar-refractivity contribution < 1.29 is 17.6 Å². The van der Waals surface area contributed by atoms with Crippen LogP contribution in [0, 0.1) is 12.7 Å². The fourth-order valence-corrected chi connectivity index (χ4v) is 3.41. The minimum Gasteiger partial charge on any atom is -0.349 e. The Morgan fingerprint density at radius 1 is 1.29 bits per heavy atom. The van der Waals surface area contributed by atoms with Gasteiger partial charge in [0.2, 0.25) is 10.0 Å². The van der Waals surface area contributed by atoms with E-state index in [2.05, 4.69) is 5.32 Å². The molecule has 1 aromatic carbocycles. The van der Waals surface area contributed by atoms with Gasteiger partial charge >= 0.3 is 0 Å². The van der Waals surface area contributed by atoms with Gasteiger partial charge in [0, 0.05) is 17.2 Å². The molecule has 116 valence electrons. The van der Waals surface area contributed by atoms with Crippen LogP contribution >= 0.6 is 0 Å². The van der Waals surface area contributed by atoms with Gasteiger partial charge in [-0.1, -0.05) is 19.3 Å². The Labute approximate surface area is 123 Å². The number of nitrogens with one attached hydrogen (secondary N) is 1. The zero-order valence-electron chi connectivity index (χ0n) is 11.9. The zero-order chi connectivity index (χ0) is 15.6. The van der Waals surface area contributed by atoms with Crippen LogP contribution in [-0.4, -0.2) is 20.4 Å². The molecular formula is C14H19FN2O3S. The summed E-state index contributed by atoms with van der Waals surface area (Å²) in [6.07, 6.45) is 5.04. The van der Waals surface area contributed by atoms with E-state index in [1.807, 2.05) is 0 Å². The molecular weight excluding hydrogens is 295 g/mol. The van der Waals surface area contributed by atoms with E-state index in [-0.39, 0.29) is 22.1 Å². The van der Waals surface area contributed by atoms with Crippen molar-refractivity contribution in [3.05, 3.63) is 29.1 Å². The molecule has 2 rings (SSSR count). The Hall–Kier alpha value is -1.47. The fraction of sp³-hybridized carbons (Fsp3) is 0.500. The lowest BCUT2D eigenvalue weighted by atomic mass is 9.95. The Balaban J connectivity index is 2.27. The number of hydrogen-bond donors (Lipinski definition) is 2. The summed E-state index contributed by atoms with van der Waals surface area (Å²) >= 11 is 0. The van der Waals surface area contributed by atoms with Crippen LogP contribution in [0.3, 0.4) is 0 Å². The van der Waals surface area contributed by atoms with E-state index in [1.54, 1.807) is 0 Å². The normalized spacial score (nSPS) is 16.7. The number of amides is 1. The van der Waals surface area contributed by atoms with Gasteiger partial charge in [-0.05, 0) is 31.9 Å². The maximum Gasteiger partial charge on any atom is 0.251 e. The molecule has 0 aliphatic heterocycles. The second kappa shape index (κ2) is 6.11. The molecule has 1 aromatic rings. The molecule has 1 amide bonds. The lowest BCUT2D eigenvalue weighted by molar-refractivity contribution is 0.0927. The number of primary sulfonamides is 1. The van der Waals surface area contributed by atoms with Crippen molar-refractivity contribution in [3.63, 3.8) is 0 Å². The Morgan fingerprint density at radius 3 is 2.48 bits per heavy atom. The van der Waals surface area contributed by atoms with Gasteiger partial charge in [0.1, 0.15) is 5.82 Å². The average molecular weight is 314 g/mol. The standard InChI is InChI=1S/C14H19FN2O3S/c1-9-12(15)7-10(8-13(9)21(16,19)20)14(18)17-11-5-3-2-4-6-11/h7-8,11H,2-6H2,1H3,(H,17,18)(H2,16,19,20). The van der Waals surface area contributed by atoms with Crippen LogP contribution in [0.2, 0.25) is 0 Å². The van der Waals surface area contributed by atoms with Crippen molar-refractivity contribution in [3.8, 4) is 0 Å². The minimum absolute atomic E-state index is 0.0206. The van der Waals surface area contributed by atoms with Crippen molar-refractivity contribution in [2.75, 3.05) is 0 Å². The van der Waals surface area contributed by atoms with Gasteiger partial charge in [0.15, 0.2) is 0 Å². The van der Waals surface area contributed by atoms with E-state index in [0.717, 1.165) is 44.2 Å². The Kier molecular flexibility index (Phi) is 4.63. The lowest BCUT2D eigenvalue weighted by Crippen LogP contribution is -2.36. The smallest absolute Gasteiger partial charge is 0.251 e. The minimum atomic E-state index is -4.07. The predicted molar refractivity (Wildman–Crippen MR) is 76.8 cm³/mol. The van der Waals surface area contributed by atoms with E-state index in [4.69, 9.17) is 5.14 Å². The molecule has 0 saturated heterocycles. The number of rotatable bonds is 3. The zero-order valence-corrected chi connectivity index (χ0v) is 12.7. The van der Waals surface area contributed by atoms with Crippen LogP contribution in [-0.2, 0) is 10.0 Å². The van der Waals surface area contributed by atoms with Crippen molar-refractivity contribution in [1.82, 2.24) is 5.32 Å². The molecule has 3 N–H and O–H groups in total. The fourth-order valence-electron chi connectivity index (χ4n) is 2.60. The molecule has 0 unspecified atom stereocenters. The van der Waals surface area contributed by atoms with Gasteiger partial charge in [0.25, 0.3) is 5.91 Å². The summed E-state index contributed by atoms with van der Waals surface area (Å²) < 4.78 is 36.7. The van der Waals surface area contributed by atoms with Crippen LogP contribution < -0.4 is 10.5 Å². The molecule has 0 aromatic heterocycles. The highest BCUT2D eigenvalue weighted by atomic mass is 32.2. The van der Waals surface area contributed by atoms with Crippen LogP contribution in [0.1, 0.15) is 48.0 Å². The van der Waals surface area contributed by atoms with E-state index >= 15 is 0 Å². The molecule has 1 aliphatic carbocycles. The third-order valence-electron chi connectivity index (χ3n) is 3.81. The number of hydrogen-bond acceptors (Lipinski definition) is 3. The molecule has 0 bridgehead atoms. The van der Waals surface area contributed by atoms with Gasteiger partial charge in [-0.3, -0.25) is 4.79 Å². The number of carbonyl (C=O) groups excluding carboxylic acids is 1. The summed E-state index contributed by atoms with van der Waals surface area (Å²) in [5, 5.41) is 7.87. The number of benzene rings is 1. The van der Waals surface area contributed by atoms with E-state index < -0.39 is 21.7 Å².